The summed E-state index contributed by atoms with van der Waals surface area (Å²) in [6, 6.07) is 8.28. The fraction of sp³-hybridized carbons (Fsp3) is 0.562. The number of hydrogen-bond acceptors (Lipinski definition) is 2. The lowest BCUT2D eigenvalue weighted by Crippen LogP contribution is -2.18. The normalized spacial score (nSPS) is 23.4. The molecule has 1 aliphatic carbocycles. The van der Waals surface area contributed by atoms with Gasteiger partial charge in [0.15, 0.2) is 0 Å². The number of anilines is 1. The minimum atomic E-state index is 0.528. The zero-order chi connectivity index (χ0) is 13.7. The molecule has 1 aromatic carbocycles. The molecule has 1 fully saturated rings. The summed E-state index contributed by atoms with van der Waals surface area (Å²) in [5.41, 5.74) is 1.56. The summed E-state index contributed by atoms with van der Waals surface area (Å²) in [5.74, 6) is 0.895. The fourth-order valence-electron chi connectivity index (χ4n) is 2.87. The Labute approximate surface area is 120 Å². The van der Waals surface area contributed by atoms with Crippen molar-refractivity contribution in [3.05, 3.63) is 28.8 Å². The number of rotatable bonds is 3. The summed E-state index contributed by atoms with van der Waals surface area (Å²) in [6.07, 6.45) is 7.72. The van der Waals surface area contributed by atoms with Crippen LogP contribution in [0.1, 0.15) is 51.0 Å². The van der Waals surface area contributed by atoms with Crippen LogP contribution in [0.4, 0.5) is 5.69 Å². The number of nitrogens with zero attached hydrogens (tertiary/aromatic N) is 1. The van der Waals surface area contributed by atoms with Gasteiger partial charge in [0.25, 0.3) is 0 Å². The van der Waals surface area contributed by atoms with Gasteiger partial charge in [-0.25, -0.2) is 0 Å². The maximum absolute atomic E-state index is 9.00. The van der Waals surface area contributed by atoms with E-state index in [2.05, 4.69) is 18.3 Å². The van der Waals surface area contributed by atoms with Crippen molar-refractivity contribution in [2.24, 2.45) is 5.92 Å². The molecule has 1 aromatic rings. The maximum atomic E-state index is 9.00. The lowest BCUT2D eigenvalue weighted by Gasteiger charge is -2.18. The third kappa shape index (κ3) is 3.88. The zero-order valence-electron chi connectivity index (χ0n) is 11.5. The van der Waals surface area contributed by atoms with Crippen molar-refractivity contribution in [1.82, 2.24) is 0 Å². The minimum Gasteiger partial charge on any atom is -0.382 e. The Morgan fingerprint density at radius 2 is 2.16 bits per heavy atom. The second-order valence-electron chi connectivity index (χ2n) is 5.43. The molecule has 0 spiro atoms. The van der Waals surface area contributed by atoms with Gasteiger partial charge in [-0.05, 0) is 43.4 Å². The lowest BCUT2D eigenvalue weighted by molar-refractivity contribution is 0.444. The Kier molecular flexibility index (Phi) is 5.10. The summed E-state index contributed by atoms with van der Waals surface area (Å²) in [4.78, 5) is 0. The van der Waals surface area contributed by atoms with E-state index in [1.165, 1.54) is 38.5 Å². The maximum Gasteiger partial charge on any atom is 0.101 e. The van der Waals surface area contributed by atoms with Crippen LogP contribution in [-0.4, -0.2) is 6.04 Å². The smallest absolute Gasteiger partial charge is 0.101 e. The van der Waals surface area contributed by atoms with Crippen molar-refractivity contribution in [2.45, 2.75) is 51.5 Å². The van der Waals surface area contributed by atoms with E-state index in [-0.39, 0.29) is 0 Å². The van der Waals surface area contributed by atoms with E-state index in [9.17, 15) is 0 Å². The molecule has 102 valence electrons. The number of nitrogens with one attached hydrogen (secondary N) is 1. The average molecular weight is 277 g/mol. The molecular formula is C16H21ClN2. The van der Waals surface area contributed by atoms with E-state index >= 15 is 0 Å². The first-order valence-electron chi connectivity index (χ1n) is 7.19. The van der Waals surface area contributed by atoms with Gasteiger partial charge in [0.1, 0.15) is 6.07 Å². The molecule has 0 bridgehead atoms. The highest BCUT2D eigenvalue weighted by atomic mass is 35.5. The summed E-state index contributed by atoms with van der Waals surface area (Å²) in [5, 5.41) is 13.1. The Morgan fingerprint density at radius 1 is 1.32 bits per heavy atom. The van der Waals surface area contributed by atoms with E-state index in [1.807, 2.05) is 12.1 Å². The molecule has 0 amide bonds. The molecule has 0 aliphatic heterocycles. The van der Waals surface area contributed by atoms with Gasteiger partial charge >= 0.3 is 0 Å². The Morgan fingerprint density at radius 3 is 2.89 bits per heavy atom. The lowest BCUT2D eigenvalue weighted by atomic mass is 9.98. The molecule has 2 rings (SSSR count). The van der Waals surface area contributed by atoms with Crippen LogP contribution in [-0.2, 0) is 0 Å². The molecule has 2 atom stereocenters. The summed E-state index contributed by atoms with van der Waals surface area (Å²) in [6.45, 7) is 2.29. The van der Waals surface area contributed by atoms with Gasteiger partial charge in [0.2, 0.25) is 0 Å². The standard InChI is InChI=1S/C16H21ClN2/c1-2-12-4-3-5-14(7-6-12)19-15-8-9-16(17)13(10-15)11-18/h8-10,12,14,19H,2-7H2,1H3. The Hall–Kier alpha value is -1.20. The van der Waals surface area contributed by atoms with Crippen molar-refractivity contribution >= 4 is 17.3 Å². The first kappa shape index (κ1) is 14.2. The summed E-state index contributed by atoms with van der Waals surface area (Å²) >= 11 is 5.95. The molecule has 0 aromatic heterocycles. The zero-order valence-corrected chi connectivity index (χ0v) is 12.2. The third-order valence-corrected chi connectivity index (χ3v) is 4.45. The van der Waals surface area contributed by atoms with Gasteiger partial charge in [-0.1, -0.05) is 37.8 Å². The predicted octanol–water partition coefficient (Wildman–Crippen LogP) is 4.98. The quantitative estimate of drug-likeness (QED) is 0.790. The second kappa shape index (κ2) is 6.82. The molecule has 0 heterocycles. The van der Waals surface area contributed by atoms with E-state index in [1.54, 1.807) is 6.07 Å². The van der Waals surface area contributed by atoms with Gasteiger partial charge in [-0.3, -0.25) is 0 Å². The van der Waals surface area contributed by atoms with Crippen LogP contribution in [0, 0.1) is 17.2 Å². The molecule has 2 nitrogen and oxygen atoms in total. The molecule has 3 heteroatoms. The van der Waals surface area contributed by atoms with Crippen LogP contribution in [0.25, 0.3) is 0 Å². The molecule has 19 heavy (non-hydrogen) atoms. The fourth-order valence-corrected chi connectivity index (χ4v) is 3.03. The molecule has 1 N–H and O–H groups in total. The molecule has 2 unspecified atom stereocenters. The van der Waals surface area contributed by atoms with Crippen LogP contribution >= 0.6 is 11.6 Å². The van der Waals surface area contributed by atoms with Gasteiger partial charge < -0.3 is 5.32 Å². The largest absolute Gasteiger partial charge is 0.382 e. The average Bonchev–Trinajstić information content (AvgIpc) is 2.66. The third-order valence-electron chi connectivity index (χ3n) is 4.12. The van der Waals surface area contributed by atoms with Crippen molar-refractivity contribution in [3.8, 4) is 6.07 Å². The number of nitriles is 1. The van der Waals surface area contributed by atoms with Gasteiger partial charge in [-0.15, -0.1) is 0 Å². The van der Waals surface area contributed by atoms with Crippen LogP contribution < -0.4 is 5.32 Å². The highest BCUT2D eigenvalue weighted by Crippen LogP contribution is 2.28. The molecule has 0 saturated heterocycles. The van der Waals surface area contributed by atoms with Gasteiger partial charge in [0, 0.05) is 11.7 Å². The Bertz CT molecular complexity index is 464. The van der Waals surface area contributed by atoms with E-state index in [0.29, 0.717) is 16.6 Å². The van der Waals surface area contributed by atoms with Gasteiger partial charge in [0.05, 0.1) is 10.6 Å². The Balaban J connectivity index is 1.99. The van der Waals surface area contributed by atoms with Gasteiger partial charge in [-0.2, -0.15) is 5.26 Å². The second-order valence-corrected chi connectivity index (χ2v) is 5.84. The van der Waals surface area contributed by atoms with E-state index in [4.69, 9.17) is 16.9 Å². The van der Waals surface area contributed by atoms with Crippen LogP contribution in [0.5, 0.6) is 0 Å². The van der Waals surface area contributed by atoms with Crippen molar-refractivity contribution in [1.29, 1.82) is 5.26 Å². The van der Waals surface area contributed by atoms with E-state index in [0.717, 1.165) is 11.6 Å². The van der Waals surface area contributed by atoms with Crippen LogP contribution in [0.15, 0.2) is 18.2 Å². The number of hydrogen-bond donors (Lipinski definition) is 1. The highest BCUT2D eigenvalue weighted by Gasteiger charge is 2.17. The number of halogens is 1. The topological polar surface area (TPSA) is 35.8 Å². The summed E-state index contributed by atoms with van der Waals surface area (Å²) < 4.78 is 0. The minimum absolute atomic E-state index is 0.528. The first-order chi connectivity index (χ1) is 9.22. The molecule has 1 aliphatic rings. The van der Waals surface area contributed by atoms with Crippen LogP contribution in [0.3, 0.4) is 0 Å². The van der Waals surface area contributed by atoms with Crippen molar-refractivity contribution in [3.63, 3.8) is 0 Å². The molecular weight excluding hydrogens is 256 g/mol. The molecule has 1 saturated carbocycles. The monoisotopic (exact) mass is 276 g/mol. The van der Waals surface area contributed by atoms with E-state index < -0.39 is 0 Å². The SMILES string of the molecule is CCC1CCCC(Nc2ccc(Cl)c(C#N)c2)CC1. The predicted molar refractivity (Wildman–Crippen MR) is 80.4 cm³/mol. The number of benzene rings is 1. The van der Waals surface area contributed by atoms with Crippen LogP contribution in [0.2, 0.25) is 5.02 Å². The van der Waals surface area contributed by atoms with Crippen molar-refractivity contribution < 1.29 is 0 Å². The first-order valence-corrected chi connectivity index (χ1v) is 7.57. The molecule has 0 radical (unpaired) electrons. The summed E-state index contributed by atoms with van der Waals surface area (Å²) in [7, 11) is 0. The van der Waals surface area contributed by atoms with Crippen molar-refractivity contribution in [2.75, 3.05) is 5.32 Å². The highest BCUT2D eigenvalue weighted by molar-refractivity contribution is 6.31.